The summed E-state index contributed by atoms with van der Waals surface area (Å²) in [6.07, 6.45) is 73.3. The molecule has 0 aromatic rings. The van der Waals surface area contributed by atoms with Crippen molar-refractivity contribution in [3.05, 3.63) is 72.9 Å². The minimum atomic E-state index is -0.777. The van der Waals surface area contributed by atoms with E-state index >= 15 is 0 Å². The highest BCUT2D eigenvalue weighted by atomic mass is 16.6. The number of hydrogen-bond acceptors (Lipinski definition) is 6. The molecular weight excluding hydrogens is 853 g/mol. The molecule has 0 rings (SSSR count). The van der Waals surface area contributed by atoms with Crippen LogP contribution in [0.2, 0.25) is 0 Å². The second-order valence-electron chi connectivity index (χ2n) is 19.5. The molecule has 6 heteroatoms. The van der Waals surface area contributed by atoms with Crippen molar-refractivity contribution in [2.45, 2.75) is 297 Å². The van der Waals surface area contributed by atoms with E-state index in [9.17, 15) is 14.4 Å². The van der Waals surface area contributed by atoms with Crippen molar-refractivity contribution in [2.75, 3.05) is 13.2 Å². The summed E-state index contributed by atoms with van der Waals surface area (Å²) < 4.78 is 16.8. The Kier molecular flexibility index (Phi) is 54.8. The van der Waals surface area contributed by atoms with E-state index in [2.05, 4.69) is 93.7 Å². The number of carbonyl (C=O) groups is 3. The van der Waals surface area contributed by atoms with Gasteiger partial charge >= 0.3 is 17.9 Å². The van der Waals surface area contributed by atoms with Gasteiger partial charge in [-0.3, -0.25) is 14.4 Å². The van der Waals surface area contributed by atoms with Gasteiger partial charge in [0.05, 0.1) is 0 Å². The molecule has 0 radical (unpaired) electrons. The Labute approximate surface area is 427 Å². The molecule has 0 N–H and O–H groups in total. The van der Waals surface area contributed by atoms with Crippen molar-refractivity contribution in [3.8, 4) is 0 Å². The van der Waals surface area contributed by atoms with Gasteiger partial charge < -0.3 is 14.2 Å². The highest BCUT2D eigenvalue weighted by Gasteiger charge is 2.19. The van der Waals surface area contributed by atoms with Crippen LogP contribution in [0.25, 0.3) is 0 Å². The van der Waals surface area contributed by atoms with Crippen molar-refractivity contribution >= 4 is 17.9 Å². The van der Waals surface area contributed by atoms with Crippen LogP contribution in [-0.2, 0) is 28.6 Å². The lowest BCUT2D eigenvalue weighted by Crippen LogP contribution is -2.30. The predicted molar refractivity (Wildman–Crippen MR) is 298 cm³/mol. The molecule has 0 saturated heterocycles. The monoisotopic (exact) mass is 963 g/mol. The van der Waals surface area contributed by atoms with Crippen LogP contribution in [0, 0.1) is 0 Å². The Morgan fingerprint density at radius 1 is 0.304 bits per heavy atom. The molecule has 0 saturated carbocycles. The SMILES string of the molecule is CC/C=C\C/C=C\C/C=C\C/C=C\C/C=C\CCCCCCCCCCCCCC(=O)OCC(COC(=O)CCCCCCCCCCC)OC(=O)CCCCCCC/C=C\CCCCCCCC. The maximum absolute atomic E-state index is 12.8. The second-order valence-corrected chi connectivity index (χ2v) is 19.5. The zero-order valence-electron chi connectivity index (χ0n) is 45.6. The first-order valence-corrected chi connectivity index (χ1v) is 29.4. The lowest BCUT2D eigenvalue weighted by atomic mass is 10.0. The summed E-state index contributed by atoms with van der Waals surface area (Å²) in [5, 5.41) is 0. The van der Waals surface area contributed by atoms with Gasteiger partial charge in [-0.25, -0.2) is 0 Å². The molecule has 69 heavy (non-hydrogen) atoms. The second kappa shape index (κ2) is 57.4. The van der Waals surface area contributed by atoms with Crippen LogP contribution in [0.5, 0.6) is 0 Å². The van der Waals surface area contributed by atoms with E-state index in [1.165, 1.54) is 148 Å². The van der Waals surface area contributed by atoms with Crippen LogP contribution in [0.1, 0.15) is 290 Å². The van der Waals surface area contributed by atoms with Crippen LogP contribution in [0.4, 0.5) is 0 Å². The lowest BCUT2D eigenvalue weighted by Gasteiger charge is -2.18. The van der Waals surface area contributed by atoms with Gasteiger partial charge in [0.1, 0.15) is 13.2 Å². The molecule has 0 aromatic carbocycles. The standard InChI is InChI=1S/C63H110O6/c1-4-7-10-13-16-19-21-23-25-26-27-28-29-30-31-32-33-34-35-36-38-39-41-44-47-50-53-56-62(65)68-59-60(58-67-61(64)55-52-49-46-43-18-15-12-9-6-3)69-63(66)57-54-51-48-45-42-40-37-24-22-20-17-14-11-8-5-2/h7,10,16,19,23-25,27-28,30-31,37,60H,4-6,8-9,11-15,17-18,20-22,26,29,32-36,38-59H2,1-3H3/b10-7-,19-16-,25-23-,28-27-,31-30-,37-24-. The molecule has 0 aromatic heterocycles. The first-order chi connectivity index (χ1) is 34.0. The average Bonchev–Trinajstić information content (AvgIpc) is 3.35. The van der Waals surface area contributed by atoms with Crippen LogP contribution in [-0.4, -0.2) is 37.2 Å². The lowest BCUT2D eigenvalue weighted by molar-refractivity contribution is -0.167. The molecule has 0 heterocycles. The molecule has 0 fully saturated rings. The first-order valence-electron chi connectivity index (χ1n) is 29.4. The predicted octanol–water partition coefficient (Wildman–Crippen LogP) is 19.8. The number of ether oxygens (including phenoxy) is 3. The highest BCUT2D eigenvalue weighted by molar-refractivity contribution is 5.71. The molecule has 0 aliphatic carbocycles. The van der Waals surface area contributed by atoms with Crippen LogP contribution < -0.4 is 0 Å². The largest absolute Gasteiger partial charge is 0.462 e. The molecule has 0 spiro atoms. The minimum Gasteiger partial charge on any atom is -0.462 e. The van der Waals surface area contributed by atoms with E-state index in [0.29, 0.717) is 19.3 Å². The number of hydrogen-bond donors (Lipinski definition) is 0. The average molecular weight is 964 g/mol. The molecule has 0 aliphatic rings. The smallest absolute Gasteiger partial charge is 0.306 e. The quantitative estimate of drug-likeness (QED) is 0.0262. The van der Waals surface area contributed by atoms with Gasteiger partial charge in [0, 0.05) is 19.3 Å². The Morgan fingerprint density at radius 2 is 0.565 bits per heavy atom. The molecule has 0 amide bonds. The van der Waals surface area contributed by atoms with Crippen molar-refractivity contribution < 1.29 is 28.6 Å². The molecule has 0 aliphatic heterocycles. The molecule has 1 unspecified atom stereocenters. The van der Waals surface area contributed by atoms with Gasteiger partial charge in [0.25, 0.3) is 0 Å². The number of esters is 3. The van der Waals surface area contributed by atoms with E-state index in [-0.39, 0.29) is 31.1 Å². The fourth-order valence-electron chi connectivity index (χ4n) is 8.29. The Hall–Kier alpha value is -3.15. The van der Waals surface area contributed by atoms with E-state index < -0.39 is 6.10 Å². The summed E-state index contributed by atoms with van der Waals surface area (Å²) in [5.74, 6) is -0.882. The fourth-order valence-corrected chi connectivity index (χ4v) is 8.29. The normalized spacial score (nSPS) is 12.6. The summed E-state index contributed by atoms with van der Waals surface area (Å²) in [6, 6.07) is 0. The maximum atomic E-state index is 12.8. The van der Waals surface area contributed by atoms with Gasteiger partial charge in [-0.05, 0) is 89.9 Å². The van der Waals surface area contributed by atoms with E-state index in [0.717, 1.165) is 103 Å². The van der Waals surface area contributed by atoms with Crippen molar-refractivity contribution in [1.29, 1.82) is 0 Å². The molecular formula is C63H110O6. The maximum Gasteiger partial charge on any atom is 0.306 e. The Bertz CT molecular complexity index is 1290. The summed E-state index contributed by atoms with van der Waals surface area (Å²) in [6.45, 7) is 6.51. The summed E-state index contributed by atoms with van der Waals surface area (Å²) in [5.41, 5.74) is 0. The van der Waals surface area contributed by atoms with Gasteiger partial charge in [-0.15, -0.1) is 0 Å². The number of unbranched alkanes of at least 4 members (excludes halogenated alkanes) is 30. The number of rotatable bonds is 53. The van der Waals surface area contributed by atoms with Crippen LogP contribution in [0.15, 0.2) is 72.9 Å². The zero-order valence-corrected chi connectivity index (χ0v) is 45.6. The highest BCUT2D eigenvalue weighted by Crippen LogP contribution is 2.16. The van der Waals surface area contributed by atoms with Gasteiger partial charge in [-0.1, -0.05) is 254 Å². The third-order valence-electron chi connectivity index (χ3n) is 12.7. The topological polar surface area (TPSA) is 78.9 Å². The first kappa shape index (κ1) is 65.8. The Balaban J connectivity index is 4.20. The van der Waals surface area contributed by atoms with E-state index in [1.807, 2.05) is 0 Å². The molecule has 398 valence electrons. The van der Waals surface area contributed by atoms with Gasteiger partial charge in [0.15, 0.2) is 6.10 Å². The summed E-state index contributed by atoms with van der Waals surface area (Å²) in [4.78, 5) is 38.0. The zero-order chi connectivity index (χ0) is 50.0. The third kappa shape index (κ3) is 55.6. The van der Waals surface area contributed by atoms with Gasteiger partial charge in [0.2, 0.25) is 0 Å². The van der Waals surface area contributed by atoms with E-state index in [4.69, 9.17) is 14.2 Å². The molecule has 1 atom stereocenters. The van der Waals surface area contributed by atoms with E-state index in [1.54, 1.807) is 0 Å². The molecule has 6 nitrogen and oxygen atoms in total. The van der Waals surface area contributed by atoms with Gasteiger partial charge in [-0.2, -0.15) is 0 Å². The van der Waals surface area contributed by atoms with Crippen molar-refractivity contribution in [3.63, 3.8) is 0 Å². The Morgan fingerprint density at radius 3 is 0.899 bits per heavy atom. The van der Waals surface area contributed by atoms with Crippen molar-refractivity contribution in [2.24, 2.45) is 0 Å². The number of carbonyl (C=O) groups excluding carboxylic acids is 3. The summed E-state index contributed by atoms with van der Waals surface area (Å²) in [7, 11) is 0. The number of allylic oxidation sites excluding steroid dienone is 12. The van der Waals surface area contributed by atoms with Crippen LogP contribution >= 0.6 is 0 Å². The van der Waals surface area contributed by atoms with Crippen LogP contribution in [0.3, 0.4) is 0 Å². The minimum absolute atomic E-state index is 0.0766. The summed E-state index contributed by atoms with van der Waals surface area (Å²) >= 11 is 0. The van der Waals surface area contributed by atoms with Crippen molar-refractivity contribution in [1.82, 2.24) is 0 Å². The third-order valence-corrected chi connectivity index (χ3v) is 12.7. The molecule has 0 bridgehead atoms. The fraction of sp³-hybridized carbons (Fsp3) is 0.762.